The molecule has 0 aliphatic carbocycles. The number of carbonyl (C=O) groups is 1. The standard InChI is InChI=1S/C13H24N4O2/c1-5-16(9-13(18)19-6-2)8-12-14-10-15-17(12)7-11(3)4/h10-11H,5-9H2,1-4H3. The van der Waals surface area contributed by atoms with E-state index in [0.29, 0.717) is 25.6 Å². The molecule has 0 aliphatic heterocycles. The lowest BCUT2D eigenvalue weighted by molar-refractivity contribution is -0.144. The molecule has 0 N–H and O–H groups in total. The molecule has 0 aliphatic rings. The summed E-state index contributed by atoms with van der Waals surface area (Å²) in [5.74, 6) is 1.21. The molecule has 6 nitrogen and oxygen atoms in total. The molecule has 0 fully saturated rings. The van der Waals surface area contributed by atoms with Gasteiger partial charge in [-0.2, -0.15) is 5.10 Å². The van der Waals surface area contributed by atoms with Gasteiger partial charge >= 0.3 is 5.97 Å². The third-order valence-electron chi connectivity index (χ3n) is 2.70. The SMILES string of the molecule is CCOC(=O)CN(CC)Cc1ncnn1CC(C)C. The monoisotopic (exact) mass is 268 g/mol. The van der Waals surface area contributed by atoms with Crippen molar-refractivity contribution in [2.75, 3.05) is 19.7 Å². The van der Waals surface area contributed by atoms with Gasteiger partial charge in [0.05, 0.1) is 19.7 Å². The Morgan fingerprint density at radius 2 is 2.21 bits per heavy atom. The molecule has 0 atom stereocenters. The van der Waals surface area contributed by atoms with Crippen molar-refractivity contribution < 1.29 is 9.53 Å². The number of carbonyl (C=O) groups excluding carboxylic acids is 1. The average Bonchev–Trinajstić information content (AvgIpc) is 2.75. The van der Waals surface area contributed by atoms with Crippen molar-refractivity contribution in [3.63, 3.8) is 0 Å². The number of hydrogen-bond acceptors (Lipinski definition) is 5. The van der Waals surface area contributed by atoms with Crippen LogP contribution in [0.25, 0.3) is 0 Å². The smallest absolute Gasteiger partial charge is 0.320 e. The zero-order valence-corrected chi connectivity index (χ0v) is 12.3. The first-order valence-electron chi connectivity index (χ1n) is 6.81. The van der Waals surface area contributed by atoms with Gasteiger partial charge in [-0.1, -0.05) is 20.8 Å². The van der Waals surface area contributed by atoms with Gasteiger partial charge in [-0.25, -0.2) is 9.67 Å². The summed E-state index contributed by atoms with van der Waals surface area (Å²) in [5, 5.41) is 4.22. The van der Waals surface area contributed by atoms with Gasteiger partial charge in [0.15, 0.2) is 0 Å². The van der Waals surface area contributed by atoms with E-state index in [0.717, 1.165) is 18.9 Å². The van der Waals surface area contributed by atoms with Gasteiger partial charge in [0.25, 0.3) is 0 Å². The van der Waals surface area contributed by atoms with Crippen LogP contribution < -0.4 is 0 Å². The Morgan fingerprint density at radius 1 is 1.47 bits per heavy atom. The van der Waals surface area contributed by atoms with Crippen molar-refractivity contribution in [1.29, 1.82) is 0 Å². The summed E-state index contributed by atoms with van der Waals surface area (Å²) in [4.78, 5) is 17.8. The molecule has 0 bridgehead atoms. The van der Waals surface area contributed by atoms with Crippen LogP contribution in [0.15, 0.2) is 6.33 Å². The second kappa shape index (κ2) is 7.89. The zero-order valence-electron chi connectivity index (χ0n) is 12.3. The van der Waals surface area contributed by atoms with Gasteiger partial charge in [-0.05, 0) is 19.4 Å². The number of nitrogens with zero attached hydrogens (tertiary/aromatic N) is 4. The van der Waals surface area contributed by atoms with E-state index in [9.17, 15) is 4.79 Å². The summed E-state index contributed by atoms with van der Waals surface area (Å²) in [6.07, 6.45) is 1.57. The van der Waals surface area contributed by atoms with E-state index in [1.807, 2.05) is 23.4 Å². The Bertz CT molecular complexity index is 390. The molecular formula is C13H24N4O2. The van der Waals surface area contributed by atoms with Crippen molar-refractivity contribution in [2.45, 2.75) is 40.8 Å². The van der Waals surface area contributed by atoms with Crippen LogP contribution in [0.4, 0.5) is 0 Å². The normalized spacial score (nSPS) is 11.3. The van der Waals surface area contributed by atoms with Crippen LogP contribution in [-0.4, -0.2) is 45.3 Å². The Morgan fingerprint density at radius 3 is 2.79 bits per heavy atom. The summed E-state index contributed by atoms with van der Waals surface area (Å²) in [6, 6.07) is 0. The maximum atomic E-state index is 11.5. The molecule has 0 saturated carbocycles. The Kier molecular flexibility index (Phi) is 6.49. The van der Waals surface area contributed by atoms with Crippen LogP contribution in [0.5, 0.6) is 0 Å². The molecule has 1 heterocycles. The van der Waals surface area contributed by atoms with Gasteiger partial charge in [-0.15, -0.1) is 0 Å². The number of esters is 1. The molecule has 1 aromatic heterocycles. The Balaban J connectivity index is 2.60. The molecule has 108 valence electrons. The first kappa shape index (κ1) is 15.6. The molecule has 0 amide bonds. The molecule has 0 unspecified atom stereocenters. The van der Waals surface area contributed by atoms with Gasteiger partial charge in [-0.3, -0.25) is 9.69 Å². The number of rotatable bonds is 8. The maximum absolute atomic E-state index is 11.5. The third-order valence-corrected chi connectivity index (χ3v) is 2.70. The topological polar surface area (TPSA) is 60.2 Å². The van der Waals surface area contributed by atoms with Crippen molar-refractivity contribution in [3.05, 3.63) is 12.2 Å². The molecule has 0 radical (unpaired) electrons. The van der Waals surface area contributed by atoms with Crippen LogP contribution in [0, 0.1) is 5.92 Å². The Labute approximate surface area is 114 Å². The number of hydrogen-bond donors (Lipinski definition) is 0. The van der Waals surface area contributed by atoms with E-state index in [4.69, 9.17) is 4.74 Å². The van der Waals surface area contributed by atoms with Crippen molar-refractivity contribution in [2.24, 2.45) is 5.92 Å². The Hall–Kier alpha value is -1.43. The molecule has 19 heavy (non-hydrogen) atoms. The molecule has 0 aromatic carbocycles. The van der Waals surface area contributed by atoms with E-state index < -0.39 is 0 Å². The first-order valence-corrected chi connectivity index (χ1v) is 6.81. The van der Waals surface area contributed by atoms with Crippen LogP contribution in [0.1, 0.15) is 33.5 Å². The second-order valence-electron chi connectivity index (χ2n) is 4.86. The van der Waals surface area contributed by atoms with Crippen LogP contribution in [-0.2, 0) is 22.6 Å². The quantitative estimate of drug-likeness (QED) is 0.665. The van der Waals surface area contributed by atoms with E-state index in [1.165, 1.54) is 0 Å². The fourth-order valence-corrected chi connectivity index (χ4v) is 1.78. The van der Waals surface area contributed by atoms with Gasteiger partial charge in [0.2, 0.25) is 0 Å². The van der Waals surface area contributed by atoms with Crippen molar-refractivity contribution in [3.8, 4) is 0 Å². The van der Waals surface area contributed by atoms with Crippen LogP contribution in [0.2, 0.25) is 0 Å². The van der Waals surface area contributed by atoms with Gasteiger partial charge in [0, 0.05) is 6.54 Å². The summed E-state index contributed by atoms with van der Waals surface area (Å²) in [5.41, 5.74) is 0. The minimum Gasteiger partial charge on any atom is -0.465 e. The average molecular weight is 268 g/mol. The molecule has 0 spiro atoms. The second-order valence-corrected chi connectivity index (χ2v) is 4.86. The number of aromatic nitrogens is 3. The van der Waals surface area contributed by atoms with E-state index in [-0.39, 0.29) is 5.97 Å². The molecule has 1 aromatic rings. The first-order chi connectivity index (χ1) is 9.06. The highest BCUT2D eigenvalue weighted by Crippen LogP contribution is 2.05. The summed E-state index contributed by atoms with van der Waals surface area (Å²) in [6.45, 7) is 11.0. The fourth-order valence-electron chi connectivity index (χ4n) is 1.78. The minimum absolute atomic E-state index is 0.195. The van der Waals surface area contributed by atoms with E-state index in [2.05, 4.69) is 23.9 Å². The highest BCUT2D eigenvalue weighted by atomic mass is 16.5. The highest BCUT2D eigenvalue weighted by molar-refractivity contribution is 5.71. The largest absolute Gasteiger partial charge is 0.465 e. The molecule has 0 saturated heterocycles. The van der Waals surface area contributed by atoms with Gasteiger partial charge in [0.1, 0.15) is 12.2 Å². The maximum Gasteiger partial charge on any atom is 0.320 e. The molecule has 1 rings (SSSR count). The predicted molar refractivity (Wildman–Crippen MR) is 72.4 cm³/mol. The lowest BCUT2D eigenvalue weighted by Gasteiger charge is -2.19. The van der Waals surface area contributed by atoms with Crippen molar-refractivity contribution >= 4 is 5.97 Å². The number of likely N-dealkylation sites (N-methyl/N-ethyl adjacent to an activating group) is 1. The highest BCUT2D eigenvalue weighted by Gasteiger charge is 2.14. The van der Waals surface area contributed by atoms with Gasteiger partial charge < -0.3 is 4.74 Å². The van der Waals surface area contributed by atoms with Crippen LogP contribution in [0.3, 0.4) is 0 Å². The molecular weight excluding hydrogens is 244 g/mol. The summed E-state index contributed by atoms with van der Waals surface area (Å²) in [7, 11) is 0. The summed E-state index contributed by atoms with van der Waals surface area (Å²) >= 11 is 0. The lowest BCUT2D eigenvalue weighted by atomic mass is 10.2. The third kappa shape index (κ3) is 5.38. The summed E-state index contributed by atoms with van der Waals surface area (Å²) < 4.78 is 6.87. The predicted octanol–water partition coefficient (Wildman–Crippen LogP) is 1.32. The minimum atomic E-state index is -0.195. The fraction of sp³-hybridized carbons (Fsp3) is 0.769. The lowest BCUT2D eigenvalue weighted by Crippen LogP contribution is -2.31. The molecule has 6 heteroatoms. The number of ether oxygens (including phenoxy) is 1. The van der Waals surface area contributed by atoms with E-state index >= 15 is 0 Å². The van der Waals surface area contributed by atoms with E-state index in [1.54, 1.807) is 6.33 Å². The van der Waals surface area contributed by atoms with Crippen LogP contribution >= 0.6 is 0 Å². The van der Waals surface area contributed by atoms with Crippen molar-refractivity contribution in [1.82, 2.24) is 19.7 Å². The zero-order chi connectivity index (χ0) is 14.3.